The Morgan fingerprint density at radius 2 is 2.26 bits per heavy atom. The number of aromatic nitrogens is 1. The number of benzene rings is 1. The van der Waals surface area contributed by atoms with E-state index in [0.717, 1.165) is 9.88 Å². The molecular formula is C13H15N3O2S. The van der Waals surface area contributed by atoms with Crippen molar-refractivity contribution < 1.29 is 9.90 Å². The molecule has 5 nitrogen and oxygen atoms in total. The lowest BCUT2D eigenvalue weighted by Crippen LogP contribution is -2.26. The molecular weight excluding hydrogens is 262 g/mol. The fraction of sp³-hybridized carbons (Fsp3) is 0.231. The van der Waals surface area contributed by atoms with E-state index in [-0.39, 0.29) is 23.4 Å². The van der Waals surface area contributed by atoms with E-state index in [1.54, 1.807) is 23.6 Å². The first kappa shape index (κ1) is 13.4. The number of amides is 1. The summed E-state index contributed by atoms with van der Waals surface area (Å²) in [7, 11) is 0. The topological polar surface area (TPSA) is 88.2 Å². The average molecular weight is 277 g/mol. The number of thiazole rings is 1. The molecule has 0 saturated carbocycles. The minimum absolute atomic E-state index is 0.0922. The highest BCUT2D eigenvalue weighted by atomic mass is 32.1. The number of carbonyl (C=O) groups is 1. The highest BCUT2D eigenvalue weighted by Gasteiger charge is 2.14. The van der Waals surface area contributed by atoms with Gasteiger partial charge in [-0.2, -0.15) is 0 Å². The summed E-state index contributed by atoms with van der Waals surface area (Å²) >= 11 is 1.54. The number of nitrogens with one attached hydrogen (secondary N) is 1. The summed E-state index contributed by atoms with van der Waals surface area (Å²) in [4.78, 5) is 17.3. The Morgan fingerprint density at radius 3 is 2.84 bits per heavy atom. The van der Waals surface area contributed by atoms with Gasteiger partial charge in [0.15, 0.2) is 0 Å². The van der Waals surface area contributed by atoms with Gasteiger partial charge in [-0.25, -0.2) is 4.98 Å². The number of anilines is 1. The molecule has 2 aromatic rings. The summed E-state index contributed by atoms with van der Waals surface area (Å²) in [6.45, 7) is 3.83. The number of nitrogens with two attached hydrogens (primary N) is 1. The Kier molecular flexibility index (Phi) is 3.71. The molecule has 1 atom stereocenters. The largest absolute Gasteiger partial charge is 0.506 e. The van der Waals surface area contributed by atoms with E-state index in [0.29, 0.717) is 5.56 Å². The van der Waals surface area contributed by atoms with Crippen LogP contribution in [0, 0.1) is 6.92 Å². The maximum atomic E-state index is 12.0. The van der Waals surface area contributed by atoms with E-state index >= 15 is 0 Å². The van der Waals surface area contributed by atoms with Gasteiger partial charge >= 0.3 is 0 Å². The van der Waals surface area contributed by atoms with Gasteiger partial charge in [0, 0.05) is 16.6 Å². The zero-order valence-electron chi connectivity index (χ0n) is 10.7. The summed E-state index contributed by atoms with van der Waals surface area (Å²) in [6, 6.07) is 4.25. The van der Waals surface area contributed by atoms with Crippen LogP contribution in [0.2, 0.25) is 0 Å². The highest BCUT2D eigenvalue weighted by molar-refractivity contribution is 7.11. The van der Waals surface area contributed by atoms with Crippen LogP contribution in [0.25, 0.3) is 0 Å². The van der Waals surface area contributed by atoms with Crippen LogP contribution in [-0.2, 0) is 0 Å². The quantitative estimate of drug-likeness (QED) is 0.593. The second-order valence-electron chi connectivity index (χ2n) is 4.28. The third kappa shape index (κ3) is 3.03. The molecule has 1 heterocycles. The minimum Gasteiger partial charge on any atom is -0.506 e. The normalized spacial score (nSPS) is 12.1. The number of phenols is 1. The van der Waals surface area contributed by atoms with Crippen LogP contribution in [0.3, 0.4) is 0 Å². The molecule has 0 radical (unpaired) electrons. The highest BCUT2D eigenvalue weighted by Crippen LogP contribution is 2.22. The predicted molar refractivity (Wildman–Crippen MR) is 75.3 cm³/mol. The number of hydrogen-bond donors (Lipinski definition) is 3. The molecule has 0 spiro atoms. The summed E-state index contributed by atoms with van der Waals surface area (Å²) < 4.78 is 0. The molecule has 0 aliphatic rings. The number of carbonyl (C=O) groups excluding carboxylic acids is 1. The molecule has 0 aliphatic carbocycles. The minimum atomic E-state index is -0.268. The molecule has 0 saturated heterocycles. The Bertz CT molecular complexity index is 610. The molecule has 2 rings (SSSR count). The van der Waals surface area contributed by atoms with Gasteiger partial charge < -0.3 is 16.2 Å². The molecule has 1 amide bonds. The van der Waals surface area contributed by atoms with Crippen molar-refractivity contribution in [3.05, 3.63) is 39.8 Å². The Balaban J connectivity index is 2.10. The monoisotopic (exact) mass is 277 g/mol. The maximum absolute atomic E-state index is 12.0. The maximum Gasteiger partial charge on any atom is 0.251 e. The molecule has 19 heavy (non-hydrogen) atoms. The van der Waals surface area contributed by atoms with Crippen LogP contribution in [-0.4, -0.2) is 16.0 Å². The molecule has 100 valence electrons. The van der Waals surface area contributed by atoms with Gasteiger partial charge in [0.05, 0.1) is 11.7 Å². The Labute approximate surface area is 115 Å². The molecule has 1 unspecified atom stereocenters. The summed E-state index contributed by atoms with van der Waals surface area (Å²) in [5, 5.41) is 13.2. The Morgan fingerprint density at radius 1 is 1.53 bits per heavy atom. The standard InChI is InChI=1S/C13H15N3O2S/c1-7-6-15-13(19-7)8(2)16-12(18)9-3-4-10(14)11(17)5-9/h3-6,8,17H,14H2,1-2H3,(H,16,18). The molecule has 1 aromatic heterocycles. The third-order valence-corrected chi connectivity index (χ3v) is 3.75. The zero-order valence-corrected chi connectivity index (χ0v) is 11.5. The van der Waals surface area contributed by atoms with Crippen molar-refractivity contribution in [2.24, 2.45) is 0 Å². The number of aryl methyl sites for hydroxylation is 1. The molecule has 0 fully saturated rings. The predicted octanol–water partition coefficient (Wildman–Crippen LogP) is 2.23. The van der Waals surface area contributed by atoms with E-state index < -0.39 is 0 Å². The van der Waals surface area contributed by atoms with Crippen molar-refractivity contribution in [2.45, 2.75) is 19.9 Å². The number of rotatable bonds is 3. The molecule has 6 heteroatoms. The van der Waals surface area contributed by atoms with Crippen molar-refractivity contribution >= 4 is 22.9 Å². The van der Waals surface area contributed by atoms with Crippen molar-refractivity contribution in [1.29, 1.82) is 0 Å². The molecule has 0 bridgehead atoms. The number of aromatic hydroxyl groups is 1. The van der Waals surface area contributed by atoms with E-state index in [1.807, 2.05) is 13.8 Å². The first-order valence-electron chi connectivity index (χ1n) is 5.79. The first-order chi connectivity index (χ1) is 8.97. The van der Waals surface area contributed by atoms with Crippen LogP contribution < -0.4 is 11.1 Å². The SMILES string of the molecule is Cc1cnc(C(C)NC(=O)c2ccc(N)c(O)c2)s1. The number of nitrogen functional groups attached to an aromatic ring is 1. The van der Waals surface area contributed by atoms with Gasteiger partial charge in [-0.1, -0.05) is 0 Å². The van der Waals surface area contributed by atoms with Crippen molar-refractivity contribution in [2.75, 3.05) is 5.73 Å². The fourth-order valence-electron chi connectivity index (χ4n) is 1.60. The lowest BCUT2D eigenvalue weighted by atomic mass is 10.1. The van der Waals surface area contributed by atoms with Crippen LogP contribution in [0.4, 0.5) is 5.69 Å². The molecule has 4 N–H and O–H groups in total. The van der Waals surface area contributed by atoms with Gasteiger partial charge in [-0.3, -0.25) is 4.79 Å². The fourth-order valence-corrected chi connectivity index (χ4v) is 2.38. The number of hydrogen-bond acceptors (Lipinski definition) is 5. The lowest BCUT2D eigenvalue weighted by Gasteiger charge is -2.11. The van der Waals surface area contributed by atoms with E-state index in [2.05, 4.69) is 10.3 Å². The smallest absolute Gasteiger partial charge is 0.251 e. The Hall–Kier alpha value is -2.08. The lowest BCUT2D eigenvalue weighted by molar-refractivity contribution is 0.0939. The van der Waals surface area contributed by atoms with E-state index in [1.165, 1.54) is 12.1 Å². The number of phenolic OH excluding ortho intramolecular Hbond substituents is 1. The summed E-state index contributed by atoms with van der Waals surface area (Å²) in [5.74, 6) is -0.360. The van der Waals surface area contributed by atoms with Crippen LogP contribution in [0.5, 0.6) is 5.75 Å². The van der Waals surface area contributed by atoms with Crippen LogP contribution in [0.1, 0.15) is 33.2 Å². The van der Waals surface area contributed by atoms with E-state index in [4.69, 9.17) is 5.73 Å². The second-order valence-corrected chi connectivity index (χ2v) is 5.54. The zero-order chi connectivity index (χ0) is 14.0. The molecule has 0 aliphatic heterocycles. The van der Waals surface area contributed by atoms with Gasteiger partial charge in [-0.05, 0) is 32.0 Å². The summed E-state index contributed by atoms with van der Waals surface area (Å²) in [5.41, 5.74) is 6.11. The van der Waals surface area contributed by atoms with Gasteiger partial charge in [-0.15, -0.1) is 11.3 Å². The van der Waals surface area contributed by atoms with Gasteiger partial charge in [0.2, 0.25) is 0 Å². The van der Waals surface area contributed by atoms with Crippen LogP contribution in [0.15, 0.2) is 24.4 Å². The van der Waals surface area contributed by atoms with Crippen molar-refractivity contribution in [1.82, 2.24) is 10.3 Å². The van der Waals surface area contributed by atoms with Crippen molar-refractivity contribution in [3.8, 4) is 5.75 Å². The van der Waals surface area contributed by atoms with Gasteiger partial charge in [0.1, 0.15) is 10.8 Å². The first-order valence-corrected chi connectivity index (χ1v) is 6.60. The third-order valence-electron chi connectivity index (χ3n) is 2.65. The van der Waals surface area contributed by atoms with Crippen molar-refractivity contribution in [3.63, 3.8) is 0 Å². The average Bonchev–Trinajstić information content (AvgIpc) is 2.79. The molecule has 1 aromatic carbocycles. The van der Waals surface area contributed by atoms with E-state index in [9.17, 15) is 9.90 Å². The van der Waals surface area contributed by atoms with Crippen LogP contribution >= 0.6 is 11.3 Å². The number of nitrogens with zero attached hydrogens (tertiary/aromatic N) is 1. The van der Waals surface area contributed by atoms with Gasteiger partial charge in [0.25, 0.3) is 5.91 Å². The summed E-state index contributed by atoms with van der Waals surface area (Å²) in [6.07, 6.45) is 1.78. The second kappa shape index (κ2) is 5.27.